The lowest BCUT2D eigenvalue weighted by Gasteiger charge is -2.34. The Labute approximate surface area is 321 Å². The number of fused-ring (bicyclic) bond motifs is 2. The summed E-state index contributed by atoms with van der Waals surface area (Å²) in [6.45, 7) is 6.23. The number of carbonyl (C=O) groups excluding carboxylic acids is 4. The van der Waals surface area contributed by atoms with Gasteiger partial charge in [0.15, 0.2) is 11.5 Å². The third kappa shape index (κ3) is 7.63. The number of phenolic OH excluding ortho intramolecular Hbond substituents is 2. The minimum Gasteiger partial charge on any atom is -0.508 e. The second-order valence-electron chi connectivity index (χ2n) is 14.0. The minimum absolute atomic E-state index is 0.154. The number of hydrogen-bond acceptors (Lipinski definition) is 12. The minimum atomic E-state index is -0.886. The van der Waals surface area contributed by atoms with Crippen LogP contribution in [0.2, 0.25) is 0 Å². The molecule has 4 aromatic carbocycles. The highest BCUT2D eigenvalue weighted by Crippen LogP contribution is 2.47. The number of phenols is 2. The number of nitrogens with zero attached hydrogens (tertiary/aromatic N) is 3. The Balaban J connectivity index is 0.793. The molecule has 55 heavy (non-hydrogen) atoms. The summed E-state index contributed by atoms with van der Waals surface area (Å²) in [7, 11) is 0. The van der Waals surface area contributed by atoms with Crippen molar-refractivity contribution < 1.29 is 38.9 Å². The van der Waals surface area contributed by atoms with Gasteiger partial charge in [0.05, 0.1) is 28.5 Å². The molecule has 3 N–H and O–H groups in total. The van der Waals surface area contributed by atoms with Crippen molar-refractivity contribution in [2.75, 3.05) is 57.7 Å². The number of aromatic hydroxyl groups is 2. The maximum absolute atomic E-state index is 13.4. The van der Waals surface area contributed by atoms with Gasteiger partial charge in [-0.15, -0.1) is 11.3 Å². The van der Waals surface area contributed by atoms with Gasteiger partial charge in [-0.2, -0.15) is 0 Å². The SMILES string of the molecule is O=C1CCC(N2C(=O)c3cccc(NCCN4CCN(CCOc5ccc(Oc6c(-c7ccc(O)cc7)sc7cc(O)ccc67)cc5)CC4)c3C2=O)C(=O)C1. The van der Waals surface area contributed by atoms with Crippen molar-refractivity contribution in [3.63, 3.8) is 0 Å². The molecule has 13 heteroatoms. The van der Waals surface area contributed by atoms with Crippen molar-refractivity contribution in [3.05, 3.63) is 96.1 Å². The normalized spacial score (nSPS) is 17.9. The largest absolute Gasteiger partial charge is 0.508 e. The van der Waals surface area contributed by atoms with Crippen LogP contribution in [0, 0.1) is 0 Å². The molecular formula is C42H40N4O8S. The zero-order valence-corrected chi connectivity index (χ0v) is 30.8. The number of amides is 2. The van der Waals surface area contributed by atoms with Crippen LogP contribution in [-0.2, 0) is 9.59 Å². The third-order valence-corrected chi connectivity index (χ3v) is 11.6. The summed E-state index contributed by atoms with van der Waals surface area (Å²) in [5.74, 6) is 0.965. The molecule has 1 saturated heterocycles. The fourth-order valence-corrected chi connectivity index (χ4v) is 8.60. The van der Waals surface area contributed by atoms with Gasteiger partial charge in [0.1, 0.15) is 35.4 Å². The number of anilines is 1. The standard InChI is InChI=1S/C42H40N4O8S/c47-27-6-4-26(5-7-27)40-39(32-14-8-29(49)25-37(32)55-40)54-31-12-10-30(11-13-31)53-23-22-45-20-18-44(19-21-45)17-16-43-34-3-1-2-33-38(34)42(52)46(41(33)51)35-15-9-28(48)24-36(35)50/h1-8,10-14,25,35,43,47,49H,9,15-24H2. The van der Waals surface area contributed by atoms with E-state index in [9.17, 15) is 29.4 Å². The van der Waals surface area contributed by atoms with E-state index >= 15 is 0 Å². The summed E-state index contributed by atoms with van der Waals surface area (Å²) >= 11 is 1.51. The molecular weight excluding hydrogens is 721 g/mol. The third-order valence-electron chi connectivity index (χ3n) is 10.4. The van der Waals surface area contributed by atoms with Gasteiger partial charge in [-0.25, -0.2) is 0 Å². The van der Waals surface area contributed by atoms with Gasteiger partial charge >= 0.3 is 0 Å². The molecule has 12 nitrogen and oxygen atoms in total. The van der Waals surface area contributed by atoms with Crippen LogP contribution in [0.5, 0.6) is 28.7 Å². The Morgan fingerprint density at radius 2 is 1.49 bits per heavy atom. The number of nitrogens with one attached hydrogen (secondary N) is 1. The number of benzene rings is 4. The number of carbonyl (C=O) groups is 4. The maximum atomic E-state index is 13.4. The van der Waals surface area contributed by atoms with Crippen LogP contribution in [0.15, 0.2) is 84.9 Å². The first-order valence-electron chi connectivity index (χ1n) is 18.4. The first kappa shape index (κ1) is 36.2. The summed E-state index contributed by atoms with van der Waals surface area (Å²) in [5, 5.41) is 24.1. The Morgan fingerprint density at radius 1 is 0.782 bits per heavy atom. The van der Waals surface area contributed by atoms with Crippen molar-refractivity contribution >= 4 is 50.5 Å². The van der Waals surface area contributed by atoms with Gasteiger partial charge in [-0.05, 0) is 90.8 Å². The van der Waals surface area contributed by atoms with Gasteiger partial charge in [0.2, 0.25) is 0 Å². The van der Waals surface area contributed by atoms with Crippen LogP contribution in [0.3, 0.4) is 0 Å². The lowest BCUT2D eigenvalue weighted by molar-refractivity contribution is -0.132. The lowest BCUT2D eigenvalue weighted by atomic mass is 9.92. The second kappa shape index (κ2) is 15.5. The molecule has 1 aliphatic carbocycles. The summed E-state index contributed by atoms with van der Waals surface area (Å²) in [6.07, 6.45) is 0.136. The highest BCUT2D eigenvalue weighted by atomic mass is 32.1. The van der Waals surface area contributed by atoms with E-state index in [-0.39, 0.29) is 47.9 Å². The number of piperazine rings is 1. The Hall–Kier alpha value is -5.76. The molecule has 2 amide bonds. The fourth-order valence-electron chi connectivity index (χ4n) is 7.43. The number of Topliss-reactive ketones (excluding diaryl/α,β-unsaturated/α-hetero) is 2. The maximum Gasteiger partial charge on any atom is 0.264 e. The first-order chi connectivity index (χ1) is 26.7. The van der Waals surface area contributed by atoms with Gasteiger partial charge in [0.25, 0.3) is 11.8 Å². The van der Waals surface area contributed by atoms with Crippen LogP contribution in [0.25, 0.3) is 20.5 Å². The molecule has 8 rings (SSSR count). The van der Waals surface area contributed by atoms with E-state index in [0.29, 0.717) is 35.9 Å². The quantitative estimate of drug-likeness (QED) is 0.0991. The molecule has 5 aromatic rings. The molecule has 0 bridgehead atoms. The highest BCUT2D eigenvalue weighted by Gasteiger charge is 2.45. The number of ether oxygens (including phenoxy) is 2. The van der Waals surface area contributed by atoms with Crippen molar-refractivity contribution in [3.8, 4) is 39.2 Å². The van der Waals surface area contributed by atoms with E-state index in [1.54, 1.807) is 42.5 Å². The van der Waals surface area contributed by atoms with E-state index in [2.05, 4.69) is 15.1 Å². The van der Waals surface area contributed by atoms with Crippen LogP contribution >= 0.6 is 11.3 Å². The monoisotopic (exact) mass is 760 g/mol. The van der Waals surface area contributed by atoms with Gasteiger partial charge in [0, 0.05) is 68.0 Å². The van der Waals surface area contributed by atoms with Crippen molar-refractivity contribution in [2.24, 2.45) is 0 Å². The number of ketones is 2. The predicted molar refractivity (Wildman–Crippen MR) is 209 cm³/mol. The Bertz CT molecular complexity index is 2260. The molecule has 2 fully saturated rings. The van der Waals surface area contributed by atoms with E-state index in [0.717, 1.165) is 70.4 Å². The van der Waals surface area contributed by atoms with Crippen LogP contribution in [0.1, 0.15) is 40.0 Å². The topological polar surface area (TPSA) is 149 Å². The molecule has 0 radical (unpaired) electrons. The number of hydrogen-bond donors (Lipinski definition) is 3. The molecule has 0 spiro atoms. The number of thiophene rings is 1. The smallest absolute Gasteiger partial charge is 0.264 e. The first-order valence-corrected chi connectivity index (χ1v) is 19.2. The van der Waals surface area contributed by atoms with Gasteiger partial charge in [-0.1, -0.05) is 6.07 Å². The number of imide groups is 1. The van der Waals surface area contributed by atoms with Crippen molar-refractivity contribution in [1.82, 2.24) is 14.7 Å². The predicted octanol–water partition coefficient (Wildman–Crippen LogP) is 6.17. The number of rotatable bonds is 12. The Kier molecular flexibility index (Phi) is 10.2. The van der Waals surface area contributed by atoms with E-state index < -0.39 is 17.9 Å². The Morgan fingerprint density at radius 3 is 2.24 bits per heavy atom. The summed E-state index contributed by atoms with van der Waals surface area (Å²) < 4.78 is 13.4. The van der Waals surface area contributed by atoms with Gasteiger partial charge < -0.3 is 25.0 Å². The van der Waals surface area contributed by atoms with Crippen LogP contribution in [-0.4, -0.2) is 107 Å². The second-order valence-corrected chi connectivity index (χ2v) is 15.0. The van der Waals surface area contributed by atoms with E-state index in [4.69, 9.17) is 9.47 Å². The lowest BCUT2D eigenvalue weighted by Crippen LogP contribution is -2.48. The highest BCUT2D eigenvalue weighted by molar-refractivity contribution is 7.22. The van der Waals surface area contributed by atoms with Gasteiger partial charge in [-0.3, -0.25) is 33.9 Å². The van der Waals surface area contributed by atoms with Crippen molar-refractivity contribution in [1.29, 1.82) is 0 Å². The van der Waals surface area contributed by atoms with Crippen LogP contribution in [0.4, 0.5) is 5.69 Å². The molecule has 3 aliphatic rings. The summed E-state index contributed by atoms with van der Waals surface area (Å²) in [4.78, 5) is 57.5. The van der Waals surface area contributed by atoms with Crippen LogP contribution < -0.4 is 14.8 Å². The zero-order valence-electron chi connectivity index (χ0n) is 30.0. The molecule has 1 unspecified atom stereocenters. The van der Waals surface area contributed by atoms with E-state index in [1.807, 2.05) is 42.5 Å². The molecule has 1 saturated carbocycles. The van der Waals surface area contributed by atoms with E-state index in [1.165, 1.54) is 11.3 Å². The zero-order chi connectivity index (χ0) is 38.1. The fraction of sp³-hybridized carbons (Fsp3) is 0.286. The average Bonchev–Trinajstić information content (AvgIpc) is 3.66. The molecule has 282 valence electrons. The molecule has 3 heterocycles. The molecule has 2 aliphatic heterocycles. The average molecular weight is 761 g/mol. The molecule has 1 aromatic heterocycles. The summed E-state index contributed by atoms with van der Waals surface area (Å²) in [5.41, 5.74) is 2.06. The molecule has 1 atom stereocenters. The van der Waals surface area contributed by atoms with Crippen molar-refractivity contribution in [2.45, 2.75) is 25.3 Å². The summed E-state index contributed by atoms with van der Waals surface area (Å²) in [6, 6.07) is 24.0.